The maximum atomic E-state index is 12.6. The second-order valence-electron chi connectivity index (χ2n) is 5.53. The van der Waals surface area contributed by atoms with Crippen molar-refractivity contribution in [3.8, 4) is 0 Å². The first-order valence-electron chi connectivity index (χ1n) is 6.76. The van der Waals surface area contributed by atoms with Gasteiger partial charge in [0.15, 0.2) is 5.78 Å². The fourth-order valence-electron chi connectivity index (χ4n) is 2.87. The molecule has 1 saturated carbocycles. The van der Waals surface area contributed by atoms with E-state index < -0.39 is 12.1 Å². The molecule has 1 aromatic rings. The number of anilines is 1. The van der Waals surface area contributed by atoms with Gasteiger partial charge < -0.3 is 5.73 Å². The lowest BCUT2D eigenvalue weighted by Gasteiger charge is -2.29. The Morgan fingerprint density at radius 3 is 2.30 bits per heavy atom. The third-order valence-electron chi connectivity index (χ3n) is 4.08. The molecule has 0 unspecified atom stereocenters. The average molecular weight is 285 g/mol. The average Bonchev–Trinajstić information content (AvgIpc) is 2.37. The molecule has 1 fully saturated rings. The molecule has 0 spiro atoms. The van der Waals surface area contributed by atoms with Crippen LogP contribution in [0.4, 0.5) is 18.9 Å². The van der Waals surface area contributed by atoms with Gasteiger partial charge in [-0.25, -0.2) is 0 Å². The van der Waals surface area contributed by atoms with E-state index in [9.17, 15) is 18.0 Å². The standard InChI is InChI=1S/C15H18F3NO/c1-9-8-12(19)6-7-13(9)14(20)10-2-4-11(5-3-10)15(16,17)18/h6-8,10-11H,2-5,19H2,1H3. The highest BCUT2D eigenvalue weighted by Crippen LogP contribution is 2.40. The van der Waals surface area contributed by atoms with Crippen LogP contribution >= 0.6 is 0 Å². The molecule has 0 atom stereocenters. The van der Waals surface area contributed by atoms with E-state index >= 15 is 0 Å². The van der Waals surface area contributed by atoms with E-state index in [0.29, 0.717) is 24.1 Å². The normalized spacial score (nSPS) is 23.6. The quantitative estimate of drug-likeness (QED) is 0.656. The van der Waals surface area contributed by atoms with Crippen molar-refractivity contribution in [1.82, 2.24) is 0 Å². The van der Waals surface area contributed by atoms with Crippen LogP contribution in [0.5, 0.6) is 0 Å². The summed E-state index contributed by atoms with van der Waals surface area (Å²) in [6, 6.07) is 5.04. The number of hydrogen-bond donors (Lipinski definition) is 1. The molecule has 2 nitrogen and oxygen atoms in total. The van der Waals surface area contributed by atoms with Gasteiger partial charge in [0.1, 0.15) is 0 Å². The molecule has 1 aliphatic carbocycles. The lowest BCUT2D eigenvalue weighted by molar-refractivity contribution is -0.183. The van der Waals surface area contributed by atoms with Crippen molar-refractivity contribution in [1.29, 1.82) is 0 Å². The molecule has 0 radical (unpaired) electrons. The number of hydrogen-bond acceptors (Lipinski definition) is 2. The van der Waals surface area contributed by atoms with Crippen molar-refractivity contribution in [2.75, 3.05) is 5.73 Å². The van der Waals surface area contributed by atoms with Crippen LogP contribution in [0, 0.1) is 18.8 Å². The van der Waals surface area contributed by atoms with Crippen molar-refractivity contribution in [3.63, 3.8) is 0 Å². The lowest BCUT2D eigenvalue weighted by atomic mass is 9.78. The lowest BCUT2D eigenvalue weighted by Crippen LogP contribution is -2.30. The smallest absolute Gasteiger partial charge is 0.391 e. The second-order valence-corrected chi connectivity index (χ2v) is 5.53. The molecule has 1 aliphatic rings. The molecule has 0 saturated heterocycles. The van der Waals surface area contributed by atoms with Crippen molar-refractivity contribution in [2.24, 2.45) is 11.8 Å². The predicted octanol–water partition coefficient (Wildman–Crippen LogP) is 4.13. The van der Waals surface area contributed by atoms with Crippen molar-refractivity contribution < 1.29 is 18.0 Å². The maximum absolute atomic E-state index is 12.6. The van der Waals surface area contributed by atoms with Crippen LogP contribution in [0.2, 0.25) is 0 Å². The van der Waals surface area contributed by atoms with Crippen LogP contribution in [0.1, 0.15) is 41.6 Å². The van der Waals surface area contributed by atoms with E-state index in [1.807, 2.05) is 0 Å². The van der Waals surface area contributed by atoms with Crippen LogP contribution in [0.3, 0.4) is 0 Å². The predicted molar refractivity (Wildman–Crippen MR) is 71.4 cm³/mol. The zero-order valence-electron chi connectivity index (χ0n) is 11.3. The molecule has 20 heavy (non-hydrogen) atoms. The molecule has 2 N–H and O–H groups in total. The third kappa shape index (κ3) is 3.14. The molecular formula is C15H18F3NO. The second kappa shape index (κ2) is 5.46. The van der Waals surface area contributed by atoms with E-state index in [0.717, 1.165) is 5.56 Å². The number of ketones is 1. The van der Waals surface area contributed by atoms with Gasteiger partial charge >= 0.3 is 6.18 Å². The van der Waals surface area contributed by atoms with Gasteiger partial charge in [0.05, 0.1) is 5.92 Å². The summed E-state index contributed by atoms with van der Waals surface area (Å²) in [5, 5.41) is 0. The molecular weight excluding hydrogens is 267 g/mol. The van der Waals surface area contributed by atoms with Crippen LogP contribution in [-0.4, -0.2) is 12.0 Å². The molecule has 0 aliphatic heterocycles. The first kappa shape index (κ1) is 14.9. The van der Waals surface area contributed by atoms with Gasteiger partial charge in [-0.1, -0.05) is 0 Å². The van der Waals surface area contributed by atoms with Gasteiger partial charge in [0, 0.05) is 17.2 Å². The summed E-state index contributed by atoms with van der Waals surface area (Å²) in [4.78, 5) is 12.4. The third-order valence-corrected chi connectivity index (χ3v) is 4.08. The Kier molecular flexibility index (Phi) is 4.06. The Balaban J connectivity index is 2.05. The monoisotopic (exact) mass is 285 g/mol. The van der Waals surface area contributed by atoms with E-state index in [-0.39, 0.29) is 24.5 Å². The minimum Gasteiger partial charge on any atom is -0.399 e. The van der Waals surface area contributed by atoms with Gasteiger partial charge in [-0.05, 0) is 56.4 Å². The number of carbonyl (C=O) groups excluding carboxylic acids is 1. The molecule has 0 bridgehead atoms. The molecule has 5 heteroatoms. The molecule has 0 aromatic heterocycles. The first-order valence-corrected chi connectivity index (χ1v) is 6.76. The number of alkyl halides is 3. The van der Waals surface area contributed by atoms with E-state index in [2.05, 4.69) is 0 Å². The van der Waals surface area contributed by atoms with Gasteiger partial charge in [-0.15, -0.1) is 0 Å². The fourth-order valence-corrected chi connectivity index (χ4v) is 2.87. The number of Topliss-reactive ketones (excluding diaryl/α,β-unsaturated/α-hetero) is 1. The number of nitrogen functional groups attached to an aromatic ring is 1. The number of halogens is 3. The number of rotatable bonds is 2. The molecule has 110 valence electrons. The Morgan fingerprint density at radius 1 is 1.20 bits per heavy atom. The zero-order chi connectivity index (χ0) is 14.9. The van der Waals surface area contributed by atoms with Gasteiger partial charge in [0.25, 0.3) is 0 Å². The topological polar surface area (TPSA) is 43.1 Å². The Morgan fingerprint density at radius 2 is 1.80 bits per heavy atom. The van der Waals surface area contributed by atoms with E-state index in [4.69, 9.17) is 5.73 Å². The Bertz CT molecular complexity index is 502. The number of carbonyl (C=O) groups is 1. The largest absolute Gasteiger partial charge is 0.399 e. The first-order chi connectivity index (χ1) is 9.29. The van der Waals surface area contributed by atoms with Gasteiger partial charge in [0.2, 0.25) is 0 Å². The van der Waals surface area contributed by atoms with Crippen LogP contribution in [0.25, 0.3) is 0 Å². The Hall–Kier alpha value is -1.52. The van der Waals surface area contributed by atoms with E-state index in [1.165, 1.54) is 0 Å². The minimum atomic E-state index is -4.13. The summed E-state index contributed by atoms with van der Waals surface area (Å²) in [7, 11) is 0. The maximum Gasteiger partial charge on any atom is 0.391 e. The number of aryl methyl sites for hydroxylation is 1. The van der Waals surface area contributed by atoms with Crippen molar-refractivity contribution >= 4 is 11.5 Å². The highest BCUT2D eigenvalue weighted by Gasteiger charge is 2.42. The highest BCUT2D eigenvalue weighted by atomic mass is 19.4. The molecule has 2 rings (SSSR count). The minimum absolute atomic E-state index is 0.0495. The molecule has 0 amide bonds. The number of nitrogens with two attached hydrogens (primary N) is 1. The van der Waals surface area contributed by atoms with Crippen molar-refractivity contribution in [2.45, 2.75) is 38.8 Å². The molecule has 0 heterocycles. The summed E-state index contributed by atoms with van der Waals surface area (Å²) in [6.07, 6.45) is -3.41. The van der Waals surface area contributed by atoms with Crippen LogP contribution in [-0.2, 0) is 0 Å². The fraction of sp³-hybridized carbons (Fsp3) is 0.533. The summed E-state index contributed by atoms with van der Waals surface area (Å²) >= 11 is 0. The van der Waals surface area contributed by atoms with Crippen LogP contribution < -0.4 is 5.73 Å². The summed E-state index contributed by atoms with van der Waals surface area (Å²) in [6.45, 7) is 1.80. The molecule has 1 aromatic carbocycles. The SMILES string of the molecule is Cc1cc(N)ccc1C(=O)C1CCC(C(F)(F)F)CC1. The summed E-state index contributed by atoms with van der Waals surface area (Å²) in [5.74, 6) is -1.60. The summed E-state index contributed by atoms with van der Waals surface area (Å²) in [5.41, 5.74) is 7.58. The zero-order valence-corrected chi connectivity index (χ0v) is 11.3. The van der Waals surface area contributed by atoms with Gasteiger partial charge in [-0.3, -0.25) is 4.79 Å². The Labute approximate surface area is 116 Å². The van der Waals surface area contributed by atoms with Crippen molar-refractivity contribution in [3.05, 3.63) is 29.3 Å². The highest BCUT2D eigenvalue weighted by molar-refractivity contribution is 5.99. The van der Waals surface area contributed by atoms with Crippen LogP contribution in [0.15, 0.2) is 18.2 Å². The number of benzene rings is 1. The van der Waals surface area contributed by atoms with Gasteiger partial charge in [-0.2, -0.15) is 13.2 Å². The van der Waals surface area contributed by atoms with E-state index in [1.54, 1.807) is 25.1 Å². The summed E-state index contributed by atoms with van der Waals surface area (Å²) < 4.78 is 37.8.